The van der Waals surface area contributed by atoms with Gasteiger partial charge in [-0.05, 0) is 80.7 Å². The van der Waals surface area contributed by atoms with Gasteiger partial charge >= 0.3 is 6.18 Å². The Morgan fingerprint density at radius 3 is 2.33 bits per heavy atom. The zero-order chi connectivity index (χ0) is 23.8. The molecule has 2 heterocycles. The predicted octanol–water partition coefficient (Wildman–Crippen LogP) is 5.21. The molecule has 1 aliphatic heterocycles. The molecular weight excluding hydrogens is 429 g/mol. The Labute approximate surface area is 191 Å². The number of carbonyl (C=O) groups excluding carboxylic acids is 1. The zero-order valence-electron chi connectivity index (χ0n) is 18.9. The molecule has 8 heteroatoms. The van der Waals surface area contributed by atoms with Crippen molar-refractivity contribution >= 4 is 5.91 Å². The monoisotopic (exact) mass is 456 g/mol. The average Bonchev–Trinajstić information content (AvgIpc) is 3.30. The highest BCUT2D eigenvalue weighted by atomic mass is 19.4. The van der Waals surface area contributed by atoms with Gasteiger partial charge in [-0.3, -0.25) is 4.79 Å². The van der Waals surface area contributed by atoms with Crippen LogP contribution in [0.25, 0.3) is 0 Å². The quantitative estimate of drug-likeness (QED) is 0.623. The minimum atomic E-state index is -4.36. The normalized spacial score (nSPS) is 22.1. The minimum absolute atomic E-state index is 0.0777. The van der Waals surface area contributed by atoms with Crippen molar-refractivity contribution in [3.63, 3.8) is 0 Å². The van der Waals surface area contributed by atoms with Crippen LogP contribution in [-0.4, -0.2) is 38.8 Å². The van der Waals surface area contributed by atoms with Gasteiger partial charge in [-0.1, -0.05) is 18.2 Å². The fourth-order valence-electron chi connectivity index (χ4n) is 5.17. The largest absolute Gasteiger partial charge is 0.416 e. The van der Waals surface area contributed by atoms with Crippen molar-refractivity contribution in [3.8, 4) is 0 Å². The van der Waals surface area contributed by atoms with Crippen LogP contribution in [-0.2, 0) is 6.18 Å². The van der Waals surface area contributed by atoms with E-state index in [1.165, 1.54) is 6.07 Å². The highest BCUT2D eigenvalue weighted by Crippen LogP contribution is 2.48. The molecule has 3 atom stereocenters. The number of halogens is 3. The molecule has 1 aromatic carbocycles. The number of aromatic nitrogens is 3. The second kappa shape index (κ2) is 9.08. The van der Waals surface area contributed by atoms with E-state index >= 15 is 0 Å². The van der Waals surface area contributed by atoms with Gasteiger partial charge in [0.2, 0.25) is 5.82 Å². The molecule has 4 rings (SSSR count). The summed E-state index contributed by atoms with van der Waals surface area (Å²) in [5.74, 6) is 0.459. The van der Waals surface area contributed by atoms with Gasteiger partial charge in [-0.15, -0.1) is 0 Å². The Hall–Kier alpha value is -3.03. The number of aryl methyl sites for hydroxylation is 3. The third-order valence-electron chi connectivity index (χ3n) is 6.51. The first kappa shape index (κ1) is 23.1. The summed E-state index contributed by atoms with van der Waals surface area (Å²) >= 11 is 0. The summed E-state index contributed by atoms with van der Waals surface area (Å²) in [6.07, 6.45) is -1.51. The molecule has 5 nitrogen and oxygen atoms in total. The Morgan fingerprint density at radius 1 is 1.00 bits per heavy atom. The van der Waals surface area contributed by atoms with Crippen molar-refractivity contribution in [3.05, 3.63) is 76.6 Å². The Bertz CT molecular complexity index is 1100. The second-order valence-electron chi connectivity index (χ2n) is 9.05. The molecule has 1 saturated heterocycles. The van der Waals surface area contributed by atoms with Crippen LogP contribution in [0.4, 0.5) is 13.2 Å². The van der Waals surface area contributed by atoms with Crippen molar-refractivity contribution in [1.29, 1.82) is 0 Å². The standard InChI is InChI=1S/C25H27F3N4O/c1-15-8-9-29-23(31-17(3)30-16(2)10-15)24(33)32-13-19-11-18(12-20(19)14-32)21-6-4-5-7-22(21)25(26,27)28/h4-10,18-20H,11-14H2,1-3H3/t18?,19-,20+. The summed E-state index contributed by atoms with van der Waals surface area (Å²) in [7, 11) is 0. The van der Waals surface area contributed by atoms with Crippen LogP contribution in [0.1, 0.15) is 57.6 Å². The molecule has 174 valence electrons. The van der Waals surface area contributed by atoms with E-state index in [9.17, 15) is 18.0 Å². The summed E-state index contributed by atoms with van der Waals surface area (Å²) in [6.45, 7) is 6.53. The van der Waals surface area contributed by atoms with Crippen molar-refractivity contribution in [1.82, 2.24) is 19.9 Å². The molecule has 2 aromatic rings. The second-order valence-corrected chi connectivity index (χ2v) is 9.05. The number of fused-ring (bicyclic) bond motifs is 1. The molecule has 1 aliphatic carbocycles. The maximum atomic E-state index is 13.5. The number of hydrogen-bond donors (Lipinski definition) is 0. The fraction of sp³-hybridized carbons (Fsp3) is 0.440. The van der Waals surface area contributed by atoms with Crippen LogP contribution >= 0.6 is 0 Å². The molecule has 2 aliphatic rings. The number of amides is 1. The Kier molecular flexibility index (Phi) is 6.36. The molecule has 0 N–H and O–H groups in total. The van der Waals surface area contributed by atoms with Crippen LogP contribution < -0.4 is 0 Å². The molecule has 1 aromatic heterocycles. The highest BCUT2D eigenvalue weighted by Gasteiger charge is 2.45. The van der Waals surface area contributed by atoms with Crippen LogP contribution in [0.5, 0.6) is 0 Å². The predicted molar refractivity (Wildman–Crippen MR) is 118 cm³/mol. The van der Waals surface area contributed by atoms with Crippen LogP contribution in [0.15, 0.2) is 42.6 Å². The van der Waals surface area contributed by atoms with Gasteiger partial charge in [-0.2, -0.15) is 13.2 Å². The van der Waals surface area contributed by atoms with Crippen molar-refractivity contribution in [2.75, 3.05) is 13.1 Å². The smallest absolute Gasteiger partial charge is 0.335 e. The minimum Gasteiger partial charge on any atom is -0.335 e. The molecule has 2 fully saturated rings. The number of rotatable bonds is 2. The lowest BCUT2D eigenvalue weighted by atomic mass is 9.91. The van der Waals surface area contributed by atoms with E-state index in [0.29, 0.717) is 37.3 Å². The van der Waals surface area contributed by atoms with E-state index < -0.39 is 11.7 Å². The maximum Gasteiger partial charge on any atom is 0.416 e. The third-order valence-corrected chi connectivity index (χ3v) is 6.51. The molecule has 1 amide bonds. The molecular formula is C25H27F3N4O. The number of benzene rings is 1. The fourth-order valence-corrected chi connectivity index (χ4v) is 5.17. The van der Waals surface area contributed by atoms with Crippen LogP contribution in [0, 0.1) is 32.6 Å². The zero-order valence-corrected chi connectivity index (χ0v) is 18.9. The van der Waals surface area contributed by atoms with Gasteiger partial charge in [0.15, 0.2) is 0 Å². The average molecular weight is 457 g/mol. The summed E-state index contributed by atoms with van der Waals surface area (Å²) in [5.41, 5.74) is 1.57. The van der Waals surface area contributed by atoms with Crippen molar-refractivity contribution in [2.24, 2.45) is 11.8 Å². The number of hydrogen-bond acceptors (Lipinski definition) is 4. The third kappa shape index (κ3) is 5.15. The summed E-state index contributed by atoms with van der Waals surface area (Å²) < 4.78 is 40.4. The van der Waals surface area contributed by atoms with E-state index in [2.05, 4.69) is 15.0 Å². The van der Waals surface area contributed by atoms with E-state index in [0.717, 1.165) is 17.3 Å². The number of alkyl halides is 3. The first-order valence-corrected chi connectivity index (χ1v) is 11.1. The van der Waals surface area contributed by atoms with E-state index in [1.807, 2.05) is 19.9 Å². The summed E-state index contributed by atoms with van der Waals surface area (Å²) in [5, 5.41) is 0. The van der Waals surface area contributed by atoms with Gasteiger partial charge in [0.1, 0.15) is 5.82 Å². The Morgan fingerprint density at radius 2 is 1.67 bits per heavy atom. The topological polar surface area (TPSA) is 59.0 Å². The van der Waals surface area contributed by atoms with Crippen molar-refractivity contribution in [2.45, 2.75) is 45.7 Å². The summed E-state index contributed by atoms with van der Waals surface area (Å²) in [4.78, 5) is 27.9. The molecule has 0 spiro atoms. The molecule has 33 heavy (non-hydrogen) atoms. The number of carbonyl (C=O) groups is 1. The Balaban J connectivity index is 1.52. The lowest BCUT2D eigenvalue weighted by molar-refractivity contribution is -0.138. The maximum absolute atomic E-state index is 13.5. The molecule has 1 saturated carbocycles. The van der Waals surface area contributed by atoms with Crippen LogP contribution in [0.2, 0.25) is 0 Å². The van der Waals surface area contributed by atoms with Gasteiger partial charge in [-0.25, -0.2) is 15.0 Å². The first-order valence-electron chi connectivity index (χ1n) is 11.1. The van der Waals surface area contributed by atoms with Crippen LogP contribution in [0.3, 0.4) is 0 Å². The molecule has 0 radical (unpaired) electrons. The first-order chi connectivity index (χ1) is 15.6. The van der Waals surface area contributed by atoms with E-state index in [-0.39, 0.29) is 29.5 Å². The SMILES string of the molecule is Cc1ccnc(C(=O)N2C[C@H]3CC(c4ccccc4C(F)(F)F)C[C@H]3C2)nc(C)nc(C)c1. The van der Waals surface area contributed by atoms with Gasteiger partial charge in [0, 0.05) is 25.0 Å². The highest BCUT2D eigenvalue weighted by molar-refractivity contribution is 5.90. The van der Waals surface area contributed by atoms with Gasteiger partial charge < -0.3 is 4.90 Å². The van der Waals surface area contributed by atoms with Gasteiger partial charge in [0.05, 0.1) is 5.56 Å². The number of nitrogens with zero attached hydrogens (tertiary/aromatic N) is 4. The van der Waals surface area contributed by atoms with Gasteiger partial charge in [0.25, 0.3) is 5.91 Å². The van der Waals surface area contributed by atoms with Crippen molar-refractivity contribution < 1.29 is 18.0 Å². The molecule has 1 unspecified atom stereocenters. The van der Waals surface area contributed by atoms with E-state index in [4.69, 9.17) is 0 Å². The summed E-state index contributed by atoms with van der Waals surface area (Å²) in [6, 6.07) is 9.56. The van der Waals surface area contributed by atoms with E-state index in [1.54, 1.807) is 36.2 Å². The number of likely N-dealkylation sites (tertiary alicyclic amines) is 1. The molecule has 0 bridgehead atoms. The lowest BCUT2D eigenvalue weighted by Crippen LogP contribution is -2.31. The lowest BCUT2D eigenvalue weighted by Gasteiger charge is -2.21.